The van der Waals surface area contributed by atoms with Gasteiger partial charge in [-0.3, -0.25) is 4.90 Å². The number of halogens is 1. The highest BCUT2D eigenvalue weighted by Gasteiger charge is 2.40. The standard InChI is InChI=1S/C26H36ClNO3/c1-4-31-24-11-7-22(8-12-24)26(29,14-13-20(2)3)25(19-28-15-17-30-18-16-28)21-5-9-23(27)10-6-21/h5-12,20,25,29H,4,13-19H2,1-3H3/t25-,26+/m0/s1. The Kier molecular flexibility index (Phi) is 8.79. The normalized spacial score (nSPS) is 18.0. The summed E-state index contributed by atoms with van der Waals surface area (Å²) in [5, 5.41) is 13.0. The van der Waals surface area contributed by atoms with Crippen LogP contribution in [0.15, 0.2) is 48.5 Å². The van der Waals surface area contributed by atoms with Crippen LogP contribution in [0.4, 0.5) is 0 Å². The number of nitrogens with zero attached hydrogens (tertiary/aromatic N) is 1. The average Bonchev–Trinajstić information content (AvgIpc) is 2.78. The number of ether oxygens (including phenoxy) is 2. The van der Waals surface area contributed by atoms with E-state index in [0.717, 1.165) is 56.1 Å². The van der Waals surface area contributed by atoms with Crippen molar-refractivity contribution in [2.75, 3.05) is 39.5 Å². The molecule has 3 rings (SSSR count). The summed E-state index contributed by atoms with van der Waals surface area (Å²) in [4.78, 5) is 2.40. The molecule has 2 atom stereocenters. The Labute approximate surface area is 192 Å². The average molecular weight is 446 g/mol. The maximum atomic E-state index is 12.3. The Hall–Kier alpha value is -1.59. The predicted octanol–water partition coefficient (Wildman–Crippen LogP) is 5.48. The van der Waals surface area contributed by atoms with E-state index in [2.05, 4.69) is 30.9 Å². The van der Waals surface area contributed by atoms with E-state index in [4.69, 9.17) is 21.1 Å². The van der Waals surface area contributed by atoms with Gasteiger partial charge in [0.15, 0.2) is 0 Å². The SMILES string of the molecule is CCOc1ccc([C@](O)(CCC(C)C)[C@@H](CN2CCOCC2)c2ccc(Cl)cc2)cc1. The van der Waals surface area contributed by atoms with Crippen LogP contribution in [0.2, 0.25) is 5.02 Å². The van der Waals surface area contributed by atoms with Gasteiger partial charge >= 0.3 is 0 Å². The van der Waals surface area contributed by atoms with Crippen LogP contribution in [0.5, 0.6) is 5.75 Å². The zero-order valence-electron chi connectivity index (χ0n) is 19.0. The summed E-state index contributed by atoms with van der Waals surface area (Å²) in [6, 6.07) is 15.9. The van der Waals surface area contributed by atoms with Crippen molar-refractivity contribution in [2.45, 2.75) is 45.1 Å². The van der Waals surface area contributed by atoms with Gasteiger partial charge in [0.05, 0.1) is 25.4 Å². The van der Waals surface area contributed by atoms with E-state index in [1.165, 1.54) is 0 Å². The number of morpholine rings is 1. The number of hydrogen-bond acceptors (Lipinski definition) is 4. The molecule has 170 valence electrons. The van der Waals surface area contributed by atoms with Crippen molar-refractivity contribution < 1.29 is 14.6 Å². The predicted molar refractivity (Wildman–Crippen MR) is 127 cm³/mol. The highest BCUT2D eigenvalue weighted by Crippen LogP contribution is 2.43. The molecule has 1 aliphatic heterocycles. The number of rotatable bonds is 10. The van der Waals surface area contributed by atoms with Crippen molar-refractivity contribution in [3.05, 3.63) is 64.7 Å². The van der Waals surface area contributed by atoms with E-state index in [0.29, 0.717) is 24.0 Å². The maximum Gasteiger partial charge on any atom is 0.119 e. The third kappa shape index (κ3) is 6.45. The minimum absolute atomic E-state index is 0.0837. The first-order valence-electron chi connectivity index (χ1n) is 11.4. The lowest BCUT2D eigenvalue weighted by Gasteiger charge is -2.41. The molecule has 0 aliphatic carbocycles. The van der Waals surface area contributed by atoms with Gasteiger partial charge in [-0.05, 0) is 61.1 Å². The molecule has 5 heteroatoms. The van der Waals surface area contributed by atoms with Crippen molar-refractivity contribution in [3.63, 3.8) is 0 Å². The van der Waals surface area contributed by atoms with Crippen molar-refractivity contribution in [2.24, 2.45) is 5.92 Å². The summed E-state index contributed by atoms with van der Waals surface area (Å²) in [5.74, 6) is 1.25. The molecular weight excluding hydrogens is 410 g/mol. The molecule has 0 bridgehead atoms. The van der Waals surface area contributed by atoms with Gasteiger partial charge in [0.1, 0.15) is 5.75 Å². The molecule has 0 spiro atoms. The molecule has 0 saturated carbocycles. The minimum atomic E-state index is -0.999. The van der Waals surface area contributed by atoms with Crippen LogP contribution < -0.4 is 4.74 Å². The molecule has 1 aliphatic rings. The van der Waals surface area contributed by atoms with E-state index < -0.39 is 5.60 Å². The van der Waals surface area contributed by atoms with Crippen molar-refractivity contribution >= 4 is 11.6 Å². The van der Waals surface area contributed by atoms with Gasteiger partial charge in [0.25, 0.3) is 0 Å². The summed E-state index contributed by atoms with van der Waals surface area (Å²) < 4.78 is 11.2. The monoisotopic (exact) mass is 445 g/mol. The highest BCUT2D eigenvalue weighted by molar-refractivity contribution is 6.30. The van der Waals surface area contributed by atoms with Crippen LogP contribution >= 0.6 is 11.6 Å². The van der Waals surface area contributed by atoms with E-state index in [1.807, 2.05) is 43.3 Å². The highest BCUT2D eigenvalue weighted by atomic mass is 35.5. The Morgan fingerprint density at radius 2 is 1.71 bits per heavy atom. The van der Waals surface area contributed by atoms with Crippen LogP contribution in [0.3, 0.4) is 0 Å². The summed E-state index contributed by atoms with van der Waals surface area (Å²) in [5.41, 5.74) is 1.04. The Morgan fingerprint density at radius 1 is 1.06 bits per heavy atom. The van der Waals surface area contributed by atoms with Crippen LogP contribution in [-0.4, -0.2) is 49.5 Å². The second-order valence-corrected chi connectivity index (χ2v) is 9.27. The molecule has 4 nitrogen and oxygen atoms in total. The Morgan fingerprint density at radius 3 is 2.29 bits per heavy atom. The first-order valence-corrected chi connectivity index (χ1v) is 11.8. The molecule has 31 heavy (non-hydrogen) atoms. The van der Waals surface area contributed by atoms with Gasteiger partial charge in [0.2, 0.25) is 0 Å². The van der Waals surface area contributed by atoms with Gasteiger partial charge in [0, 0.05) is 30.6 Å². The van der Waals surface area contributed by atoms with E-state index in [-0.39, 0.29) is 5.92 Å². The summed E-state index contributed by atoms with van der Waals surface area (Å²) in [6.45, 7) is 11.0. The Bertz CT molecular complexity index is 787. The zero-order valence-corrected chi connectivity index (χ0v) is 19.8. The molecule has 1 N–H and O–H groups in total. The molecule has 0 amide bonds. The number of aliphatic hydroxyl groups is 1. The molecule has 0 radical (unpaired) electrons. The van der Waals surface area contributed by atoms with Gasteiger partial charge in [-0.2, -0.15) is 0 Å². The minimum Gasteiger partial charge on any atom is -0.494 e. The lowest BCUT2D eigenvalue weighted by Crippen LogP contribution is -2.45. The molecule has 1 fully saturated rings. The lowest BCUT2D eigenvalue weighted by molar-refractivity contribution is -0.0311. The van der Waals surface area contributed by atoms with E-state index in [1.54, 1.807) is 0 Å². The topological polar surface area (TPSA) is 41.9 Å². The third-order valence-electron chi connectivity index (χ3n) is 6.16. The smallest absolute Gasteiger partial charge is 0.119 e. The fraction of sp³-hybridized carbons (Fsp3) is 0.538. The van der Waals surface area contributed by atoms with Crippen molar-refractivity contribution in [1.82, 2.24) is 4.90 Å². The Balaban J connectivity index is 2.00. The summed E-state index contributed by atoms with van der Waals surface area (Å²) in [7, 11) is 0. The molecule has 1 saturated heterocycles. The van der Waals surface area contributed by atoms with Gasteiger partial charge in [-0.25, -0.2) is 0 Å². The van der Waals surface area contributed by atoms with E-state index in [9.17, 15) is 5.11 Å². The molecular formula is C26H36ClNO3. The van der Waals surface area contributed by atoms with Crippen LogP contribution in [0.25, 0.3) is 0 Å². The summed E-state index contributed by atoms with van der Waals surface area (Å²) >= 11 is 6.19. The first-order chi connectivity index (χ1) is 14.9. The lowest BCUT2D eigenvalue weighted by atomic mass is 9.73. The zero-order chi connectivity index (χ0) is 22.3. The van der Waals surface area contributed by atoms with Crippen molar-refractivity contribution in [1.29, 1.82) is 0 Å². The molecule has 1 heterocycles. The fourth-order valence-corrected chi connectivity index (χ4v) is 4.43. The van der Waals surface area contributed by atoms with Gasteiger partial charge in [-0.15, -0.1) is 0 Å². The quantitative estimate of drug-likeness (QED) is 0.525. The maximum absolute atomic E-state index is 12.3. The number of hydrogen-bond donors (Lipinski definition) is 1. The second-order valence-electron chi connectivity index (χ2n) is 8.83. The van der Waals surface area contributed by atoms with Crippen LogP contribution in [-0.2, 0) is 10.3 Å². The molecule has 0 aromatic heterocycles. The molecule has 2 aromatic carbocycles. The van der Waals surface area contributed by atoms with Gasteiger partial charge < -0.3 is 14.6 Å². The van der Waals surface area contributed by atoms with Crippen LogP contribution in [0, 0.1) is 5.92 Å². The molecule has 2 aromatic rings. The third-order valence-corrected chi connectivity index (χ3v) is 6.41. The van der Waals surface area contributed by atoms with Crippen molar-refractivity contribution in [3.8, 4) is 5.75 Å². The second kappa shape index (κ2) is 11.3. The largest absolute Gasteiger partial charge is 0.494 e. The van der Waals surface area contributed by atoms with Crippen LogP contribution in [0.1, 0.15) is 50.7 Å². The van der Waals surface area contributed by atoms with Gasteiger partial charge in [-0.1, -0.05) is 49.7 Å². The number of benzene rings is 2. The molecule has 0 unspecified atom stereocenters. The fourth-order valence-electron chi connectivity index (χ4n) is 4.30. The van der Waals surface area contributed by atoms with E-state index >= 15 is 0 Å². The first kappa shape index (κ1) is 24.1. The summed E-state index contributed by atoms with van der Waals surface area (Å²) in [6.07, 6.45) is 1.63.